The van der Waals surface area contributed by atoms with Crippen LogP contribution in [0.2, 0.25) is 0 Å². The summed E-state index contributed by atoms with van der Waals surface area (Å²) in [5.74, 6) is -0.0544. The Morgan fingerprint density at radius 3 is 2.45 bits per heavy atom. The van der Waals surface area contributed by atoms with Gasteiger partial charge in [-0.25, -0.2) is 0 Å². The molecule has 0 aromatic rings. The highest BCUT2D eigenvalue weighted by atomic mass is 35.5. The maximum Gasteiger partial charge on any atom is 0.122 e. The Hall–Kier alpha value is 0.440. The molecule has 1 rings (SSSR count). The van der Waals surface area contributed by atoms with Crippen molar-refractivity contribution in [3.63, 3.8) is 0 Å². The summed E-state index contributed by atoms with van der Waals surface area (Å²) in [5, 5.41) is 3.14. The van der Waals surface area contributed by atoms with E-state index in [1.165, 1.54) is 0 Å². The average Bonchev–Trinajstić information content (AvgIpc) is 1.88. The summed E-state index contributed by atoms with van der Waals surface area (Å²) in [6.45, 7) is 5.85. The minimum absolute atomic E-state index is 0. The molecule has 1 fully saturated rings. The Morgan fingerprint density at radius 2 is 2.18 bits per heavy atom. The molecule has 1 atom stereocenters. The highest BCUT2D eigenvalue weighted by Gasteiger charge is 2.25. The SMILES string of the molecule is CP(C)(=O)C1CNCCO1.Cl. The molecule has 0 amide bonds. The van der Waals surface area contributed by atoms with Crippen LogP contribution >= 0.6 is 19.5 Å². The standard InChI is InChI=1S/C6H14NO2P.ClH/c1-10(2,8)6-5-7-3-4-9-6;/h6-7H,3-5H2,1-2H3;1H. The lowest BCUT2D eigenvalue weighted by molar-refractivity contribution is 0.0778. The molecule has 1 unspecified atom stereocenters. The van der Waals surface area contributed by atoms with E-state index in [2.05, 4.69) is 5.32 Å². The van der Waals surface area contributed by atoms with Gasteiger partial charge < -0.3 is 14.6 Å². The van der Waals surface area contributed by atoms with Crippen molar-refractivity contribution in [2.24, 2.45) is 0 Å². The van der Waals surface area contributed by atoms with Crippen molar-refractivity contribution in [3.05, 3.63) is 0 Å². The maximum atomic E-state index is 11.4. The van der Waals surface area contributed by atoms with Crippen molar-refractivity contribution < 1.29 is 9.30 Å². The third kappa shape index (κ3) is 3.57. The summed E-state index contributed by atoms with van der Waals surface area (Å²) < 4.78 is 16.7. The topological polar surface area (TPSA) is 38.3 Å². The molecule has 0 bridgehead atoms. The normalized spacial score (nSPS) is 25.8. The molecular weight excluding hydrogens is 184 g/mol. The van der Waals surface area contributed by atoms with E-state index in [9.17, 15) is 4.57 Å². The Bertz CT molecular complexity index is 153. The third-order valence-electron chi connectivity index (χ3n) is 1.60. The molecule has 0 spiro atoms. The summed E-state index contributed by atoms with van der Waals surface area (Å²) in [6, 6.07) is 0. The van der Waals surface area contributed by atoms with Crippen molar-refractivity contribution in [2.75, 3.05) is 33.0 Å². The molecule has 11 heavy (non-hydrogen) atoms. The largest absolute Gasteiger partial charge is 0.368 e. The van der Waals surface area contributed by atoms with E-state index in [1.54, 1.807) is 13.3 Å². The number of hydrogen-bond acceptors (Lipinski definition) is 3. The van der Waals surface area contributed by atoms with Crippen molar-refractivity contribution in [1.82, 2.24) is 5.32 Å². The monoisotopic (exact) mass is 199 g/mol. The molecule has 0 radical (unpaired) electrons. The minimum Gasteiger partial charge on any atom is -0.368 e. The molecule has 3 nitrogen and oxygen atoms in total. The number of halogens is 1. The van der Waals surface area contributed by atoms with Crippen LogP contribution in [0.25, 0.3) is 0 Å². The van der Waals surface area contributed by atoms with E-state index >= 15 is 0 Å². The van der Waals surface area contributed by atoms with Gasteiger partial charge in [0.1, 0.15) is 13.0 Å². The van der Waals surface area contributed by atoms with Gasteiger partial charge in [0.2, 0.25) is 0 Å². The lowest BCUT2D eigenvalue weighted by atomic mass is 10.5. The summed E-state index contributed by atoms with van der Waals surface area (Å²) in [7, 11) is -2.03. The number of ether oxygens (including phenoxy) is 1. The van der Waals surface area contributed by atoms with E-state index in [-0.39, 0.29) is 18.3 Å². The summed E-state index contributed by atoms with van der Waals surface area (Å²) in [4.78, 5) is 0. The molecule has 1 saturated heterocycles. The number of morpholine rings is 1. The van der Waals surface area contributed by atoms with Crippen molar-refractivity contribution in [2.45, 2.75) is 5.85 Å². The molecule has 0 aromatic carbocycles. The Balaban J connectivity index is 0.000001000. The van der Waals surface area contributed by atoms with Gasteiger partial charge in [-0.1, -0.05) is 0 Å². The van der Waals surface area contributed by atoms with E-state index in [1.807, 2.05) is 0 Å². The van der Waals surface area contributed by atoms with Crippen LogP contribution in [0.1, 0.15) is 0 Å². The second kappa shape index (κ2) is 4.46. The van der Waals surface area contributed by atoms with Crippen LogP contribution in [0.4, 0.5) is 0 Å². The molecule has 0 saturated carbocycles. The van der Waals surface area contributed by atoms with E-state index in [0.29, 0.717) is 6.61 Å². The van der Waals surface area contributed by atoms with E-state index in [4.69, 9.17) is 4.74 Å². The summed E-state index contributed by atoms with van der Waals surface area (Å²) >= 11 is 0. The Labute approximate surface area is 73.7 Å². The predicted octanol–water partition coefficient (Wildman–Crippen LogP) is 0.977. The highest BCUT2D eigenvalue weighted by Crippen LogP contribution is 2.43. The van der Waals surface area contributed by atoms with Crippen molar-refractivity contribution >= 4 is 19.5 Å². The molecule has 1 heterocycles. The average molecular weight is 200 g/mol. The molecule has 0 aromatic heterocycles. The molecule has 1 aliphatic rings. The fourth-order valence-corrected chi connectivity index (χ4v) is 1.98. The summed E-state index contributed by atoms with van der Waals surface area (Å²) in [5.41, 5.74) is 0. The van der Waals surface area contributed by atoms with Gasteiger partial charge in [0.15, 0.2) is 0 Å². The molecule has 68 valence electrons. The van der Waals surface area contributed by atoms with Crippen molar-refractivity contribution in [1.29, 1.82) is 0 Å². The molecular formula is C6H15ClNO2P. The van der Waals surface area contributed by atoms with Crippen LogP contribution in [-0.2, 0) is 9.30 Å². The second-order valence-electron chi connectivity index (χ2n) is 2.96. The third-order valence-corrected chi connectivity index (χ3v) is 3.32. The van der Waals surface area contributed by atoms with Gasteiger partial charge in [-0.3, -0.25) is 0 Å². The number of rotatable bonds is 1. The fourth-order valence-electron chi connectivity index (χ4n) is 0.951. The van der Waals surface area contributed by atoms with Crippen molar-refractivity contribution in [3.8, 4) is 0 Å². The van der Waals surface area contributed by atoms with Crippen LogP contribution in [-0.4, -0.2) is 38.9 Å². The van der Waals surface area contributed by atoms with Gasteiger partial charge in [-0.15, -0.1) is 12.4 Å². The zero-order valence-electron chi connectivity index (χ0n) is 6.87. The van der Waals surface area contributed by atoms with Gasteiger partial charge in [0.05, 0.1) is 6.61 Å². The van der Waals surface area contributed by atoms with E-state index in [0.717, 1.165) is 13.1 Å². The Morgan fingerprint density at radius 1 is 1.55 bits per heavy atom. The van der Waals surface area contributed by atoms with Crippen LogP contribution in [0, 0.1) is 0 Å². The van der Waals surface area contributed by atoms with Crippen LogP contribution < -0.4 is 5.32 Å². The predicted molar refractivity (Wildman–Crippen MR) is 49.3 cm³/mol. The minimum atomic E-state index is -2.03. The quantitative estimate of drug-likeness (QED) is 0.640. The van der Waals surface area contributed by atoms with E-state index < -0.39 is 7.14 Å². The van der Waals surface area contributed by atoms with Crippen LogP contribution in [0.15, 0.2) is 0 Å². The first kappa shape index (κ1) is 11.4. The number of hydrogen-bond donors (Lipinski definition) is 1. The zero-order valence-corrected chi connectivity index (χ0v) is 8.58. The second-order valence-corrected chi connectivity index (χ2v) is 6.41. The smallest absolute Gasteiger partial charge is 0.122 e. The maximum absolute atomic E-state index is 11.4. The first-order valence-corrected chi connectivity index (χ1v) is 6.15. The van der Waals surface area contributed by atoms with Gasteiger partial charge in [-0.05, 0) is 13.3 Å². The molecule has 0 aliphatic carbocycles. The first-order chi connectivity index (χ1) is 4.61. The number of nitrogens with one attached hydrogen (secondary N) is 1. The van der Waals surface area contributed by atoms with Gasteiger partial charge >= 0.3 is 0 Å². The lowest BCUT2D eigenvalue weighted by Crippen LogP contribution is -2.38. The molecule has 5 heteroatoms. The summed E-state index contributed by atoms with van der Waals surface area (Å²) in [6.07, 6.45) is 0. The Kier molecular flexibility index (Phi) is 4.64. The lowest BCUT2D eigenvalue weighted by Gasteiger charge is -2.26. The van der Waals surface area contributed by atoms with Gasteiger partial charge in [0, 0.05) is 13.1 Å². The zero-order chi connectivity index (χ0) is 7.61. The van der Waals surface area contributed by atoms with Gasteiger partial charge in [-0.2, -0.15) is 0 Å². The molecule has 1 aliphatic heterocycles. The van der Waals surface area contributed by atoms with Gasteiger partial charge in [0.25, 0.3) is 0 Å². The fraction of sp³-hybridized carbons (Fsp3) is 1.00. The first-order valence-electron chi connectivity index (χ1n) is 3.47. The van der Waals surface area contributed by atoms with Crippen LogP contribution in [0.5, 0.6) is 0 Å². The molecule has 1 N–H and O–H groups in total. The van der Waals surface area contributed by atoms with Crippen LogP contribution in [0.3, 0.4) is 0 Å². The highest BCUT2D eigenvalue weighted by molar-refractivity contribution is 7.62.